The number of hydrogen-bond donors (Lipinski definition) is 15. The van der Waals surface area contributed by atoms with Crippen molar-refractivity contribution < 1.29 is 129 Å². The molecule has 5 aliphatic rings. The van der Waals surface area contributed by atoms with Gasteiger partial charge in [-0.2, -0.15) is 0 Å². The van der Waals surface area contributed by atoms with E-state index in [0.717, 1.165) is 31.4 Å². The Morgan fingerprint density at radius 2 is 1.09 bits per heavy atom. The monoisotopic (exact) mass is 950 g/mol. The summed E-state index contributed by atoms with van der Waals surface area (Å²) in [5.41, 5.74) is -0.678. The average molecular weight is 951 g/mol. The smallest absolute Gasteiger partial charge is 0.229 e. The van der Waals surface area contributed by atoms with E-state index in [1.54, 1.807) is 0 Å². The van der Waals surface area contributed by atoms with Crippen molar-refractivity contribution in [3.8, 4) is 34.5 Å². The number of phenolic OH excluding ortho intramolecular Hbond substituents is 3. The second-order valence-electron chi connectivity index (χ2n) is 16.5. The maximum atomic E-state index is 14.4. The summed E-state index contributed by atoms with van der Waals surface area (Å²) >= 11 is 0. The van der Waals surface area contributed by atoms with Crippen molar-refractivity contribution >= 4 is 5.78 Å². The number of methoxy groups -OCH3 is 1. The maximum absolute atomic E-state index is 14.4. The topological polar surface area (TPSA) is 413 Å². The molecular weight excluding hydrogens is 896 g/mol. The first-order valence-electron chi connectivity index (χ1n) is 20.7. The van der Waals surface area contributed by atoms with Crippen molar-refractivity contribution in [2.75, 3.05) is 20.3 Å². The van der Waals surface area contributed by atoms with E-state index in [0.29, 0.717) is 0 Å². The van der Waals surface area contributed by atoms with E-state index >= 15 is 0 Å². The number of carbonyl (C=O) groups excluding carboxylic acids is 1. The van der Waals surface area contributed by atoms with E-state index in [1.165, 1.54) is 13.8 Å². The highest BCUT2D eigenvalue weighted by Crippen LogP contribution is 2.47. The molecule has 0 amide bonds. The molecule has 2 aromatic rings. The van der Waals surface area contributed by atoms with Crippen molar-refractivity contribution in [1.82, 2.24) is 0 Å². The molecule has 0 aromatic heterocycles. The van der Waals surface area contributed by atoms with Crippen molar-refractivity contribution in [2.45, 2.75) is 149 Å². The minimum absolute atomic E-state index is 0.152. The SMILES string of the molecule is COc1cc(C2Oc3cc(O)cc(O)c3C(=O)C2O[C@@H]2O[C@H](CO)[C@@H](O[C@@H]3O[C@@H](C)[C@H](O)[C@@H](O)[C@H]3O[C@@H]3O[C@@H](C)[C@H](O)[C@@H](O)[C@H]3O)[C@H](O)[C@H]2O)cc(O[C@@H]2O[C@H](CO)[C@@H](O)[C@H](O)[C@H]2O)c1O. The molecule has 0 bridgehead atoms. The van der Waals surface area contributed by atoms with Crippen LogP contribution >= 0.6 is 0 Å². The fraction of sp³-hybridized carbons (Fsp3) is 0.675. The number of aliphatic hydroxyl groups excluding tert-OH is 12. The number of carbonyl (C=O) groups is 1. The zero-order chi connectivity index (χ0) is 48.2. The predicted molar refractivity (Wildman–Crippen MR) is 208 cm³/mol. The van der Waals surface area contributed by atoms with Gasteiger partial charge in [-0.25, -0.2) is 0 Å². The standard InChI is InChI=1S/C40H54O26/c1-10-21(45)26(50)30(54)37(58-10)66-36-28(52)22(46)11(2)59-40(36)64-34-19(9-42)63-39(32(56)29(34)53)65-35-25(49)20-14(44)6-13(43)7-15(20)60-33(35)12-4-16(57-3)23(47)17(5-12)61-38-31(55)27(51)24(48)18(8-41)62-38/h4-7,10-11,18-19,21-22,24,26-48,50-56H,8-9H2,1-3H3/t10-,11-,18+,19+,21-,22-,24+,26+,27-,28+,29+,30+,31+,32+,33?,34+,35?,36+,37-,38+,39-,40-/m0/s1. The number of hydrogen-bond acceptors (Lipinski definition) is 26. The molecule has 5 aliphatic heterocycles. The van der Waals surface area contributed by atoms with Gasteiger partial charge in [0.15, 0.2) is 42.6 Å². The maximum Gasteiger partial charge on any atom is 0.229 e. The highest BCUT2D eigenvalue weighted by Gasteiger charge is 2.55. The lowest BCUT2D eigenvalue weighted by atomic mass is 9.91. The number of fused-ring (bicyclic) bond motifs is 1. The second kappa shape index (κ2) is 20.0. The van der Waals surface area contributed by atoms with Gasteiger partial charge in [-0.1, -0.05) is 0 Å². The number of benzene rings is 2. The minimum Gasteiger partial charge on any atom is -0.508 e. The van der Waals surface area contributed by atoms with Crippen LogP contribution in [0.4, 0.5) is 0 Å². The van der Waals surface area contributed by atoms with E-state index in [2.05, 4.69) is 0 Å². The number of ketones is 1. The molecule has 4 fully saturated rings. The first kappa shape index (κ1) is 50.0. The van der Waals surface area contributed by atoms with Crippen LogP contribution in [0, 0.1) is 0 Å². The highest BCUT2D eigenvalue weighted by molar-refractivity contribution is 6.05. The molecule has 26 nitrogen and oxygen atoms in total. The summed E-state index contributed by atoms with van der Waals surface area (Å²) in [5, 5.41) is 159. The van der Waals surface area contributed by atoms with E-state index in [4.69, 9.17) is 47.4 Å². The van der Waals surface area contributed by atoms with Crippen LogP contribution in [0.15, 0.2) is 24.3 Å². The average Bonchev–Trinajstić information content (AvgIpc) is 3.28. The number of Topliss-reactive ketones (excluding diaryl/α,β-unsaturated/α-hetero) is 1. The van der Waals surface area contributed by atoms with Gasteiger partial charge in [-0.15, -0.1) is 0 Å². The quantitative estimate of drug-likeness (QED) is 0.0942. The van der Waals surface area contributed by atoms with Gasteiger partial charge >= 0.3 is 0 Å². The summed E-state index contributed by atoms with van der Waals surface area (Å²) in [6.45, 7) is 0.891. The van der Waals surface area contributed by atoms with Crippen LogP contribution in [0.3, 0.4) is 0 Å². The largest absolute Gasteiger partial charge is 0.508 e. The molecule has 370 valence electrons. The Morgan fingerprint density at radius 1 is 0.561 bits per heavy atom. The Hall–Kier alpha value is -3.85. The lowest BCUT2D eigenvalue weighted by Gasteiger charge is -2.48. The lowest BCUT2D eigenvalue weighted by molar-refractivity contribution is -0.386. The van der Waals surface area contributed by atoms with Crippen LogP contribution in [0.5, 0.6) is 34.5 Å². The van der Waals surface area contributed by atoms with Crippen LogP contribution in [-0.2, 0) is 33.2 Å². The van der Waals surface area contributed by atoms with Crippen LogP contribution in [0.2, 0.25) is 0 Å². The Labute approximate surface area is 373 Å². The Bertz CT molecular complexity index is 2000. The third-order valence-corrected chi connectivity index (χ3v) is 12.1. The van der Waals surface area contributed by atoms with Gasteiger partial charge in [0.1, 0.15) is 108 Å². The van der Waals surface area contributed by atoms with E-state index in [9.17, 15) is 81.4 Å². The molecule has 0 spiro atoms. The highest BCUT2D eigenvalue weighted by atomic mass is 16.8. The minimum atomic E-state index is -2.18. The molecule has 4 saturated heterocycles. The van der Waals surface area contributed by atoms with Crippen molar-refractivity contribution in [2.24, 2.45) is 0 Å². The molecular formula is C40H54O26. The van der Waals surface area contributed by atoms with E-state index in [-0.39, 0.29) is 11.3 Å². The number of aromatic hydroxyl groups is 3. The molecule has 15 N–H and O–H groups in total. The number of ether oxygens (including phenoxy) is 10. The molecule has 0 saturated carbocycles. The van der Waals surface area contributed by atoms with E-state index < -0.39 is 188 Å². The van der Waals surface area contributed by atoms with E-state index in [1.807, 2.05) is 0 Å². The fourth-order valence-electron chi connectivity index (χ4n) is 8.25. The molecule has 0 aliphatic carbocycles. The Kier molecular flexibility index (Phi) is 15.2. The van der Waals surface area contributed by atoms with Crippen LogP contribution in [-0.4, -0.2) is 232 Å². The molecule has 66 heavy (non-hydrogen) atoms. The first-order chi connectivity index (χ1) is 31.2. The summed E-state index contributed by atoms with van der Waals surface area (Å²) in [7, 11) is 1.13. The van der Waals surface area contributed by atoms with Gasteiger partial charge in [0, 0.05) is 17.7 Å². The van der Waals surface area contributed by atoms with Gasteiger partial charge in [-0.05, 0) is 26.0 Å². The van der Waals surface area contributed by atoms with Crippen molar-refractivity contribution in [3.63, 3.8) is 0 Å². The fourth-order valence-corrected chi connectivity index (χ4v) is 8.25. The molecule has 2 aromatic carbocycles. The lowest BCUT2D eigenvalue weighted by Crippen LogP contribution is -2.66. The summed E-state index contributed by atoms with van der Waals surface area (Å²) in [6.07, 6.45) is -38.6. The zero-order valence-electron chi connectivity index (χ0n) is 35.1. The molecule has 26 heteroatoms. The van der Waals surface area contributed by atoms with Crippen LogP contribution in [0.25, 0.3) is 0 Å². The zero-order valence-corrected chi connectivity index (χ0v) is 35.1. The molecule has 7 rings (SSSR count). The first-order valence-corrected chi connectivity index (χ1v) is 20.7. The van der Waals surface area contributed by atoms with Crippen LogP contribution < -0.4 is 14.2 Å². The van der Waals surface area contributed by atoms with Gasteiger partial charge in [0.05, 0.1) is 32.5 Å². The molecule has 5 heterocycles. The third kappa shape index (κ3) is 9.33. The number of rotatable bonds is 12. The normalized spacial score (nSPS) is 42.9. The summed E-state index contributed by atoms with van der Waals surface area (Å²) in [6, 6.07) is 3.99. The second-order valence-corrected chi connectivity index (χ2v) is 16.5. The Balaban J connectivity index is 1.17. The molecule has 2 unspecified atom stereocenters. The molecule has 0 radical (unpaired) electrons. The van der Waals surface area contributed by atoms with Gasteiger partial charge in [0.25, 0.3) is 0 Å². The van der Waals surface area contributed by atoms with Crippen LogP contribution in [0.1, 0.15) is 35.9 Å². The number of aliphatic hydroxyl groups is 12. The summed E-state index contributed by atoms with van der Waals surface area (Å²) < 4.78 is 57.3. The predicted octanol–water partition coefficient (Wildman–Crippen LogP) is -5.80. The third-order valence-electron chi connectivity index (χ3n) is 12.1. The molecule has 22 atom stereocenters. The summed E-state index contributed by atoms with van der Waals surface area (Å²) in [5.74, 6) is -4.41. The Morgan fingerprint density at radius 3 is 1.74 bits per heavy atom. The number of phenols is 3. The van der Waals surface area contributed by atoms with Gasteiger partial charge in [-0.3, -0.25) is 4.79 Å². The van der Waals surface area contributed by atoms with Crippen molar-refractivity contribution in [1.29, 1.82) is 0 Å². The van der Waals surface area contributed by atoms with Gasteiger partial charge in [0.2, 0.25) is 17.8 Å². The summed E-state index contributed by atoms with van der Waals surface area (Å²) in [4.78, 5) is 14.4. The van der Waals surface area contributed by atoms with Gasteiger partial charge < -0.3 is 124 Å². The van der Waals surface area contributed by atoms with Crippen molar-refractivity contribution in [3.05, 3.63) is 35.4 Å².